The molecule has 0 unspecified atom stereocenters. The Kier molecular flexibility index (Phi) is 14.8. The van der Waals surface area contributed by atoms with Crippen molar-refractivity contribution in [2.45, 2.75) is 71.0 Å². The third-order valence-corrected chi connectivity index (χ3v) is 16.4. The number of carbonyl (C=O) groups is 2. The quantitative estimate of drug-likeness (QED) is 0.120. The first kappa shape index (κ1) is 61.0. The Morgan fingerprint density at radius 3 is 0.429 bits per heavy atom. The third kappa shape index (κ3) is 5.96. The van der Waals surface area contributed by atoms with Crippen LogP contribution in [0.5, 0.6) is 0 Å². The minimum absolute atomic E-state index is 0. The molecule has 0 spiro atoms. The van der Waals surface area contributed by atoms with E-state index in [-0.39, 0.29) is 112 Å². The monoisotopic (exact) mass is 1020 g/mol. The smallest absolute Gasteiger partial charge is 1.00 e. The first-order valence-corrected chi connectivity index (χ1v) is 15.4. The molecule has 0 bridgehead atoms. The molecular formula is C14F34K2O4P2. The van der Waals surface area contributed by atoms with Gasteiger partial charge in [-0.15, -0.1) is 0 Å². The largest absolute Gasteiger partial charge is 1.00 e. The van der Waals surface area contributed by atoms with Gasteiger partial charge in [-0.05, 0) is 0 Å². The standard InChI is InChI=1S/C14F34O4P2.2K/c15-3(16,17)9(33,34)53(45,46,10(35,36)4(18,19)20,11(37,38)5(21,22)23)51-1(49)2(50)52-54(47,48,12(39,40)6(24,25)26,13(41,42)7(27,28)29)14(43,44)8(30,31)32;;/q-2;2*+1. The van der Waals surface area contributed by atoms with E-state index < -0.39 is 96.6 Å². The maximum Gasteiger partial charge on any atom is 1.00 e. The molecule has 0 rings (SSSR count). The Bertz CT molecular complexity index is 1300. The second-order valence-corrected chi connectivity index (χ2v) is 18.6. The Balaban J connectivity index is -0.0000140. The minimum atomic E-state index is -16.8. The molecule has 0 amide bonds. The van der Waals surface area contributed by atoms with E-state index in [1.54, 1.807) is 0 Å². The van der Waals surface area contributed by atoms with Crippen LogP contribution in [-0.4, -0.2) is 83.0 Å². The van der Waals surface area contributed by atoms with Crippen LogP contribution in [-0.2, 0) is 18.6 Å². The van der Waals surface area contributed by atoms with E-state index in [1.165, 1.54) is 0 Å². The van der Waals surface area contributed by atoms with Gasteiger partial charge < -0.3 is 0 Å². The SMILES string of the molecule is O=C(O[P-](F)(F)(C(F)(F)C(F)(F)F)(C(F)(F)C(F)(F)F)C(F)(F)C(F)(F)F)C(=O)O[P-](F)(F)(C(F)(F)C(F)(F)F)(C(F)(F)C(F)(F)F)C(F)(F)C(F)(F)F.[K+].[K+]. The Labute approximate surface area is 363 Å². The summed E-state index contributed by atoms with van der Waals surface area (Å²) < 4.78 is 463. The Hall–Kier alpha value is 0.693. The second-order valence-electron chi connectivity index (χ2n) is 9.63. The number of alkyl halides is 30. The van der Waals surface area contributed by atoms with Crippen molar-refractivity contribution in [3.8, 4) is 0 Å². The van der Waals surface area contributed by atoms with Crippen LogP contribution in [0.2, 0.25) is 0 Å². The zero-order chi connectivity index (χ0) is 45.4. The molecule has 0 N–H and O–H groups in total. The van der Waals surface area contributed by atoms with Crippen molar-refractivity contribution < 1.29 is 270 Å². The average Bonchev–Trinajstić information content (AvgIpc) is 2.84. The van der Waals surface area contributed by atoms with Crippen LogP contribution >= 0.6 is 13.6 Å². The van der Waals surface area contributed by atoms with Crippen LogP contribution in [0.15, 0.2) is 0 Å². The molecule has 42 heteroatoms. The molecule has 0 aliphatic rings. The summed E-state index contributed by atoms with van der Waals surface area (Å²) in [5.41, 5.74) is -66.3. The maximum atomic E-state index is 15.4. The van der Waals surface area contributed by atoms with Gasteiger partial charge >= 0.3 is 366 Å². The summed E-state index contributed by atoms with van der Waals surface area (Å²) in [6.45, 7) is -33.5. The van der Waals surface area contributed by atoms with E-state index in [2.05, 4.69) is 0 Å². The van der Waals surface area contributed by atoms with Gasteiger partial charge in [-0.3, -0.25) is 0 Å². The van der Waals surface area contributed by atoms with Crippen molar-refractivity contribution in [1.29, 1.82) is 0 Å². The van der Waals surface area contributed by atoms with E-state index in [4.69, 9.17) is 0 Å². The van der Waals surface area contributed by atoms with Crippen LogP contribution in [0.25, 0.3) is 0 Å². The summed E-state index contributed by atoms with van der Waals surface area (Å²) in [5.74, 6) is -14.3. The third-order valence-electron chi connectivity index (χ3n) is 6.44. The van der Waals surface area contributed by atoms with E-state index in [1.807, 2.05) is 0 Å². The van der Waals surface area contributed by atoms with Crippen LogP contribution in [0.1, 0.15) is 0 Å². The molecule has 0 saturated carbocycles. The van der Waals surface area contributed by atoms with Crippen LogP contribution in [0.4, 0.5) is 149 Å². The van der Waals surface area contributed by atoms with Gasteiger partial charge in [0.1, 0.15) is 0 Å². The number of hydrogen-bond donors (Lipinski definition) is 0. The summed E-state index contributed by atoms with van der Waals surface area (Å²) in [6.07, 6.45) is -59.0. The molecule has 0 fully saturated rings. The molecule has 0 radical (unpaired) electrons. The molecule has 0 aromatic heterocycles. The van der Waals surface area contributed by atoms with Crippen LogP contribution < -0.4 is 103 Å². The molecule has 0 aromatic rings. The fourth-order valence-electron chi connectivity index (χ4n) is 3.50. The van der Waals surface area contributed by atoms with Crippen LogP contribution in [0, 0.1) is 0 Å². The minimum Gasteiger partial charge on any atom is 1.00 e. The van der Waals surface area contributed by atoms with Gasteiger partial charge in [0, 0.05) is 0 Å². The molecule has 330 valence electrons. The number of carbonyl (C=O) groups excluding carboxylic acids is 2. The molecule has 0 heterocycles. The molecule has 0 saturated heterocycles. The summed E-state index contributed by atoms with van der Waals surface area (Å²) >= 11 is 0. The Morgan fingerprint density at radius 1 is 0.268 bits per heavy atom. The van der Waals surface area contributed by atoms with Gasteiger partial charge in [-0.25, -0.2) is 0 Å². The zero-order valence-corrected chi connectivity index (χ0v) is 32.4. The fourth-order valence-corrected chi connectivity index (χ4v) is 10.5. The number of halogens is 34. The van der Waals surface area contributed by atoms with Gasteiger partial charge in [0.2, 0.25) is 0 Å². The number of rotatable bonds is 8. The molecule has 0 aliphatic carbocycles. The topological polar surface area (TPSA) is 52.6 Å². The number of hydrogen-bond acceptors (Lipinski definition) is 4. The van der Waals surface area contributed by atoms with E-state index in [0.29, 0.717) is 0 Å². The van der Waals surface area contributed by atoms with Crippen molar-refractivity contribution in [2.24, 2.45) is 0 Å². The first-order chi connectivity index (χ1) is 22.2. The zero-order valence-electron chi connectivity index (χ0n) is 24.4. The van der Waals surface area contributed by atoms with Gasteiger partial charge in [0.25, 0.3) is 0 Å². The van der Waals surface area contributed by atoms with E-state index in [9.17, 15) is 141 Å². The van der Waals surface area contributed by atoms with Crippen molar-refractivity contribution in [3.63, 3.8) is 0 Å². The van der Waals surface area contributed by atoms with Gasteiger partial charge in [-0.1, -0.05) is 0 Å². The first-order valence-electron chi connectivity index (χ1n) is 10.6. The average molecular weight is 1020 g/mol. The normalized spacial score (nSPS) is 18.2. The summed E-state index contributed by atoms with van der Waals surface area (Å²) in [5, 5.41) is 0. The van der Waals surface area contributed by atoms with Gasteiger partial charge in [-0.2, -0.15) is 0 Å². The summed E-state index contributed by atoms with van der Waals surface area (Å²) in [4.78, 5) is 22.9. The van der Waals surface area contributed by atoms with E-state index in [0.717, 1.165) is 0 Å². The maximum absolute atomic E-state index is 16.8. The van der Waals surface area contributed by atoms with E-state index >= 15 is 16.8 Å². The molecule has 0 aromatic carbocycles. The molecular weight excluding hydrogens is 1020 g/mol. The second kappa shape index (κ2) is 13.6. The van der Waals surface area contributed by atoms with Gasteiger partial charge in [0.05, 0.1) is 0 Å². The predicted octanol–water partition coefficient (Wildman–Crippen LogP) is 6.56. The van der Waals surface area contributed by atoms with Crippen molar-refractivity contribution in [2.75, 3.05) is 0 Å². The molecule has 4 nitrogen and oxygen atoms in total. The van der Waals surface area contributed by atoms with Gasteiger partial charge in [0.15, 0.2) is 0 Å². The fraction of sp³-hybridized carbons (Fsp3) is 0.857. The van der Waals surface area contributed by atoms with Crippen molar-refractivity contribution >= 4 is 25.5 Å². The van der Waals surface area contributed by atoms with Crippen molar-refractivity contribution in [3.05, 3.63) is 0 Å². The predicted molar refractivity (Wildman–Crippen MR) is 96.5 cm³/mol. The van der Waals surface area contributed by atoms with Crippen molar-refractivity contribution in [1.82, 2.24) is 0 Å². The summed E-state index contributed by atoms with van der Waals surface area (Å²) in [7, 11) is 0. The molecule has 0 atom stereocenters. The summed E-state index contributed by atoms with van der Waals surface area (Å²) in [6, 6.07) is 0. The molecule has 0 aliphatic heterocycles. The molecule has 56 heavy (non-hydrogen) atoms. The van der Waals surface area contributed by atoms with Crippen LogP contribution in [0.3, 0.4) is 0 Å². The Morgan fingerprint density at radius 2 is 0.357 bits per heavy atom.